The van der Waals surface area contributed by atoms with Crippen molar-refractivity contribution in [1.82, 2.24) is 5.32 Å². The Morgan fingerprint density at radius 3 is 0.927 bits per heavy atom. The maximum atomic E-state index is 11.3. The van der Waals surface area contributed by atoms with Gasteiger partial charge in [0.15, 0.2) is 0 Å². The minimum absolute atomic E-state index is 0.0246. The summed E-state index contributed by atoms with van der Waals surface area (Å²) in [5.74, 6) is -4.02. The summed E-state index contributed by atoms with van der Waals surface area (Å²) in [7, 11) is 0. The second-order valence-electron chi connectivity index (χ2n) is 30.1. The van der Waals surface area contributed by atoms with Gasteiger partial charge < -0.3 is 127 Å². The Morgan fingerprint density at radius 1 is 0.307 bits per heavy atom. The quantitative estimate of drug-likeness (QED) is 0.00723. The topological polar surface area (TPSA) is 512 Å². The van der Waals surface area contributed by atoms with E-state index in [9.17, 15) is 53.1 Å². The summed E-state index contributed by atoms with van der Waals surface area (Å²) in [6.45, 7) is 43.5. The van der Waals surface area contributed by atoms with Gasteiger partial charge in [-0.05, 0) is 136 Å². The van der Waals surface area contributed by atoms with Crippen LogP contribution in [-0.4, -0.2) is 312 Å². The Hall–Kier alpha value is -12.2. The van der Waals surface area contributed by atoms with E-state index in [4.69, 9.17) is 107 Å². The Morgan fingerprint density at radius 2 is 0.607 bits per heavy atom. The molecule has 150 heavy (non-hydrogen) atoms. The number of carbonyl (C=O) groups excluding carboxylic acids is 10. The molecule has 0 bridgehead atoms. The molecule has 0 aliphatic heterocycles. The monoisotopic (exact) mass is 2120 g/mol. The van der Waals surface area contributed by atoms with E-state index in [1.165, 1.54) is 66.8 Å². The van der Waals surface area contributed by atoms with Gasteiger partial charge in [0, 0.05) is 80.5 Å². The Kier molecular flexibility index (Phi) is 132. The summed E-state index contributed by atoms with van der Waals surface area (Å²) in [6.07, 6.45) is 65.9. The average molecular weight is 2120 g/mol. The van der Waals surface area contributed by atoms with E-state index in [0.717, 1.165) is 44.5 Å². The zero-order valence-corrected chi connectivity index (χ0v) is 91.8. The van der Waals surface area contributed by atoms with Crippen LogP contribution in [0.2, 0.25) is 0 Å². The highest BCUT2D eigenvalue weighted by Crippen LogP contribution is 2.13. The SMILES string of the molecule is C/C=C/C=C/C(=O)NCCO.C/C=C/C=C/C(=O)OC(C)CO.C/C=C/C=C/C(=O)OCC(C)O.C/C=C/C=C/C(=O)OCC(C)OCC(C)O.C/C=C/C=C/C(=O)OCC(C)OCC(C)OCC(C)O.C/C=C/C=C/C(=O)OCC(O)CO.C/C=C/C=C/C(=O)OCC(O)c1ccccc1.C/C=C/C=C/C(=O)OCCOCCCC.C/C=C/C=C/C(=O)OCCOCCOCCCC.C=CCOCC(CO)OC(=O)/C=C/C=C/C. The van der Waals surface area contributed by atoms with Gasteiger partial charge in [-0.1, -0.05) is 245 Å². The summed E-state index contributed by atoms with van der Waals surface area (Å²) in [4.78, 5) is 110. The Balaban J connectivity index is -0.000000211. The second kappa shape index (κ2) is 127. The van der Waals surface area contributed by atoms with Crippen molar-refractivity contribution in [2.75, 3.05) is 152 Å². The molecule has 850 valence electrons. The largest absolute Gasteiger partial charge is 0.460 e. The summed E-state index contributed by atoms with van der Waals surface area (Å²) in [6, 6.07) is 9.09. The normalized spacial score (nSPS) is 13.5. The van der Waals surface area contributed by atoms with Crippen molar-refractivity contribution >= 4 is 59.6 Å². The number of unbranched alkanes of at least 4 members (excludes halogenated alkanes) is 2. The van der Waals surface area contributed by atoms with Crippen LogP contribution in [0.3, 0.4) is 0 Å². The number of rotatable bonds is 66. The summed E-state index contributed by atoms with van der Waals surface area (Å²) >= 11 is 0. The predicted molar refractivity (Wildman–Crippen MR) is 585 cm³/mol. The lowest BCUT2D eigenvalue weighted by atomic mass is 10.1. The molecule has 0 aliphatic rings. The third-order valence-electron chi connectivity index (χ3n) is 15.4. The number of esters is 9. The lowest BCUT2D eigenvalue weighted by Crippen LogP contribution is -2.26. The molecule has 0 saturated carbocycles. The van der Waals surface area contributed by atoms with Gasteiger partial charge in [-0.3, -0.25) is 4.79 Å². The molecule has 0 aliphatic carbocycles. The fraction of sp³-hybridized carbons (Fsp3) is 0.491. The van der Waals surface area contributed by atoms with Crippen LogP contribution < -0.4 is 5.32 Å². The van der Waals surface area contributed by atoms with Crippen LogP contribution in [-0.2, 0) is 124 Å². The highest BCUT2D eigenvalue weighted by atomic mass is 16.6. The van der Waals surface area contributed by atoms with E-state index >= 15 is 0 Å². The summed E-state index contributed by atoms with van der Waals surface area (Å²) in [5.41, 5.74) is 0.734. The molecule has 0 heterocycles. The minimum atomic E-state index is -1.00. The van der Waals surface area contributed by atoms with Crippen molar-refractivity contribution in [2.24, 2.45) is 0 Å². The smallest absolute Gasteiger partial charge is 0.331 e. The van der Waals surface area contributed by atoms with E-state index in [0.29, 0.717) is 52.8 Å². The number of aliphatic hydroxyl groups is 9. The van der Waals surface area contributed by atoms with E-state index in [1.54, 1.807) is 193 Å². The third kappa shape index (κ3) is 142. The molecular formula is C114H179NO35. The van der Waals surface area contributed by atoms with Gasteiger partial charge in [-0.15, -0.1) is 6.58 Å². The molecule has 0 saturated heterocycles. The number of hydrogen-bond donors (Lipinski definition) is 10. The zero-order chi connectivity index (χ0) is 115. The molecule has 1 rings (SSSR count). The number of hydrogen-bond acceptors (Lipinski definition) is 35. The first kappa shape index (κ1) is 155. The minimum Gasteiger partial charge on any atom is -0.460 e. The molecule has 10 N–H and O–H groups in total. The first-order valence-electron chi connectivity index (χ1n) is 49.4. The van der Waals surface area contributed by atoms with Gasteiger partial charge in [-0.25, -0.2) is 43.2 Å². The first-order valence-corrected chi connectivity index (χ1v) is 49.4. The Bertz CT molecular complexity index is 4060. The van der Waals surface area contributed by atoms with Gasteiger partial charge in [0.2, 0.25) is 5.91 Å². The number of allylic oxidation sites excluding steroid dienone is 30. The number of nitrogens with one attached hydrogen (secondary N) is 1. The molecule has 1 amide bonds. The van der Waals surface area contributed by atoms with Crippen LogP contribution in [0.5, 0.6) is 0 Å². The molecule has 1 aromatic carbocycles. The van der Waals surface area contributed by atoms with E-state index in [-0.39, 0.29) is 115 Å². The lowest BCUT2D eigenvalue weighted by molar-refractivity contribution is -0.148. The maximum Gasteiger partial charge on any atom is 0.331 e. The molecule has 0 fully saturated rings. The fourth-order valence-electron chi connectivity index (χ4n) is 8.06. The van der Waals surface area contributed by atoms with Crippen LogP contribution in [0.15, 0.2) is 286 Å². The molecule has 36 heteroatoms. The second-order valence-corrected chi connectivity index (χ2v) is 30.1. The van der Waals surface area contributed by atoms with Crippen LogP contribution >= 0.6 is 0 Å². The van der Waals surface area contributed by atoms with Crippen molar-refractivity contribution in [1.29, 1.82) is 0 Å². The maximum absolute atomic E-state index is 11.3. The van der Waals surface area contributed by atoms with E-state index < -0.39 is 91.1 Å². The highest BCUT2D eigenvalue weighted by molar-refractivity contribution is 5.88. The first-order chi connectivity index (χ1) is 72.0. The molecule has 1 aromatic rings. The highest BCUT2D eigenvalue weighted by Gasteiger charge is 2.15. The van der Waals surface area contributed by atoms with E-state index in [2.05, 4.69) is 35.2 Å². The van der Waals surface area contributed by atoms with Crippen molar-refractivity contribution in [3.63, 3.8) is 0 Å². The molecule has 0 aromatic heterocycles. The van der Waals surface area contributed by atoms with Gasteiger partial charge in [0.1, 0.15) is 70.7 Å². The average Bonchev–Trinajstić information content (AvgIpc) is 0.911. The van der Waals surface area contributed by atoms with Crippen molar-refractivity contribution in [3.8, 4) is 0 Å². The van der Waals surface area contributed by atoms with Crippen LogP contribution in [0, 0.1) is 0 Å². The van der Waals surface area contributed by atoms with Crippen molar-refractivity contribution in [3.05, 3.63) is 292 Å². The van der Waals surface area contributed by atoms with Crippen LogP contribution in [0.4, 0.5) is 0 Å². The third-order valence-corrected chi connectivity index (χ3v) is 15.4. The molecular weight excluding hydrogens is 1940 g/mol. The predicted octanol–water partition coefficient (Wildman–Crippen LogP) is 14.2. The van der Waals surface area contributed by atoms with Gasteiger partial charge in [0.05, 0.1) is 123 Å². The Labute approximate surface area is 892 Å². The van der Waals surface area contributed by atoms with Gasteiger partial charge in [0.25, 0.3) is 0 Å². The fourth-order valence-corrected chi connectivity index (χ4v) is 8.06. The molecule has 10 unspecified atom stereocenters. The number of benzene rings is 1. The lowest BCUT2D eigenvalue weighted by Gasteiger charge is -2.18. The van der Waals surface area contributed by atoms with Crippen molar-refractivity contribution < 1.29 is 170 Å². The number of aliphatic hydroxyl groups excluding tert-OH is 9. The van der Waals surface area contributed by atoms with Crippen LogP contribution in [0.25, 0.3) is 0 Å². The summed E-state index contributed by atoms with van der Waals surface area (Å²) < 4.78 is 80.4. The standard InChI is InChI=1S/C15H26O5.C14H24O4.C14H16O3.C12H20O4.C12H18O4.C12H20O3.C9H14O4.2C9H14O3.C8H13NO2/c1-5-6-7-8-15(17)20-11-14(4)19-10-13(3)18-9-12(2)16;1-3-5-7-8-14(15)18-13-12-17-11-10-16-9-6-4-2;1-2-3-5-10-14(16)17-11-13(15)12-8-6-4-7-9-12;1-4-5-6-7-12(14)16-9-11(3)15-8-10(2)13;1-3-5-6-7-12(14)16-11(9-13)10-15-8-4-2;1-3-5-7-8-12(13)15-11-10-14-9-6-4-2;1-2-3-4-5-9(12)13-7-8(11)6-10;1-3-4-5-6-9(11)12-7-8(2)10;1-3-4-5-6-9(11)12-8(2)7-10;1-2-3-4-5-8(11)9-6-7-10/h5-8,12-14,16H,9-11H2,1-4H3;3,5,7-8H,4,6,9-13H2,1-2H3;2-10,13,15H,11H2,1H3;4-7,10-11,13H,8-9H2,1-3H3;3-7,11,13H,2,8-10H2,1H3;3,5,7-8H,4,6,9-11H2,1-2H3;2-5,8,10-11H,6-7H2,1H3;2*3-6,8,10H,7H2,1-2H3;2-5,10H,6-7H2,1H3,(H,9,11)/b6-5+,8-7+;5-3+,8-7+;3-2+,10-5+;5-4+,7-6+;5-3+,7-6+;5-3+,8-7+;3-2+,5-4+;2*4-3+,6-5+;3-2+,5-4+. The number of carbonyl (C=O) groups is 10. The summed E-state index contributed by atoms with van der Waals surface area (Å²) in [5, 5.41) is 82.0. The molecule has 36 nitrogen and oxygen atoms in total. The van der Waals surface area contributed by atoms with E-state index in [1.807, 2.05) is 138 Å². The van der Waals surface area contributed by atoms with Gasteiger partial charge in [-0.2, -0.15) is 0 Å². The van der Waals surface area contributed by atoms with Crippen molar-refractivity contribution in [2.45, 2.75) is 218 Å². The number of ether oxygens (including phenoxy) is 16. The number of amides is 1. The molecule has 10 atom stereocenters. The zero-order valence-electron chi connectivity index (χ0n) is 91.8. The molecule has 0 radical (unpaired) electrons. The van der Waals surface area contributed by atoms with Crippen LogP contribution in [0.1, 0.15) is 169 Å². The van der Waals surface area contributed by atoms with Gasteiger partial charge >= 0.3 is 53.7 Å². The molecule has 0 spiro atoms.